The molecule has 6 heteroatoms. The molecule has 0 amide bonds. The van der Waals surface area contributed by atoms with Crippen LogP contribution in [0.1, 0.15) is 12.8 Å². The van der Waals surface area contributed by atoms with Crippen molar-refractivity contribution in [3.8, 4) is 0 Å². The quantitative estimate of drug-likeness (QED) is 0.474. The van der Waals surface area contributed by atoms with E-state index < -0.39 is 9.84 Å². The van der Waals surface area contributed by atoms with Crippen molar-refractivity contribution in [1.29, 1.82) is 0 Å². The monoisotopic (exact) mass is 219 g/mol. The number of sulfone groups is 1. The van der Waals surface area contributed by atoms with E-state index in [4.69, 9.17) is 5.73 Å². The summed E-state index contributed by atoms with van der Waals surface area (Å²) in [5.74, 6) is 0.429. The van der Waals surface area contributed by atoms with Crippen LogP contribution < -0.4 is 5.73 Å². The number of aliphatic imine (C=N–C) groups is 1. The van der Waals surface area contributed by atoms with Crippen molar-refractivity contribution in [3.05, 3.63) is 0 Å². The highest BCUT2D eigenvalue weighted by atomic mass is 32.2. The second-order valence-corrected chi connectivity index (χ2v) is 5.95. The summed E-state index contributed by atoms with van der Waals surface area (Å²) in [5.41, 5.74) is 5.63. The lowest BCUT2D eigenvalue weighted by Gasteiger charge is -2.32. The maximum atomic E-state index is 11.3. The van der Waals surface area contributed by atoms with Gasteiger partial charge in [-0.1, -0.05) is 0 Å². The SMILES string of the molecule is CN=C(N)N1CCCC(S(C)(=O)=O)C1. The van der Waals surface area contributed by atoms with Gasteiger partial charge in [-0.05, 0) is 12.8 Å². The Morgan fingerprint density at radius 3 is 2.71 bits per heavy atom. The lowest BCUT2D eigenvalue weighted by atomic mass is 10.1. The topological polar surface area (TPSA) is 75.8 Å². The van der Waals surface area contributed by atoms with Gasteiger partial charge in [0.2, 0.25) is 0 Å². The second kappa shape index (κ2) is 4.16. The zero-order valence-corrected chi connectivity index (χ0v) is 9.42. The van der Waals surface area contributed by atoms with Crippen LogP contribution in [0, 0.1) is 0 Å². The molecule has 1 heterocycles. The Hall–Kier alpha value is -0.780. The van der Waals surface area contributed by atoms with E-state index in [1.807, 2.05) is 4.90 Å². The molecule has 1 fully saturated rings. The summed E-state index contributed by atoms with van der Waals surface area (Å²) >= 11 is 0. The van der Waals surface area contributed by atoms with E-state index in [0.29, 0.717) is 12.5 Å². The Balaban J connectivity index is 2.70. The molecule has 0 aromatic heterocycles. The van der Waals surface area contributed by atoms with E-state index in [9.17, 15) is 8.42 Å². The number of nitrogens with zero attached hydrogens (tertiary/aromatic N) is 2. The first-order valence-corrected chi connectivity index (χ1v) is 6.56. The first-order chi connectivity index (χ1) is 6.45. The fraction of sp³-hybridized carbons (Fsp3) is 0.875. The van der Waals surface area contributed by atoms with Crippen LogP contribution in [0.15, 0.2) is 4.99 Å². The Morgan fingerprint density at radius 2 is 2.21 bits per heavy atom. The van der Waals surface area contributed by atoms with E-state index in [0.717, 1.165) is 19.4 Å². The van der Waals surface area contributed by atoms with Crippen LogP contribution >= 0.6 is 0 Å². The fourth-order valence-electron chi connectivity index (χ4n) is 1.64. The highest BCUT2D eigenvalue weighted by Crippen LogP contribution is 2.15. The number of piperidine rings is 1. The summed E-state index contributed by atoms with van der Waals surface area (Å²) in [4.78, 5) is 5.68. The minimum Gasteiger partial charge on any atom is -0.370 e. The first-order valence-electron chi connectivity index (χ1n) is 4.61. The number of hydrogen-bond donors (Lipinski definition) is 1. The predicted octanol–water partition coefficient (Wildman–Crippen LogP) is -0.560. The second-order valence-electron chi connectivity index (χ2n) is 3.62. The van der Waals surface area contributed by atoms with Crippen molar-refractivity contribution in [2.45, 2.75) is 18.1 Å². The van der Waals surface area contributed by atoms with Crippen molar-refractivity contribution < 1.29 is 8.42 Å². The van der Waals surface area contributed by atoms with Gasteiger partial charge in [0.05, 0.1) is 5.25 Å². The van der Waals surface area contributed by atoms with Gasteiger partial charge in [-0.3, -0.25) is 4.99 Å². The lowest BCUT2D eigenvalue weighted by molar-refractivity contribution is 0.338. The van der Waals surface area contributed by atoms with Crippen molar-refractivity contribution in [3.63, 3.8) is 0 Å². The van der Waals surface area contributed by atoms with Crippen LogP contribution in [0.5, 0.6) is 0 Å². The Bertz CT molecular complexity index is 323. The molecule has 1 aliphatic rings. The molecule has 1 aliphatic heterocycles. The van der Waals surface area contributed by atoms with Crippen molar-refractivity contribution in [2.75, 3.05) is 26.4 Å². The van der Waals surface area contributed by atoms with Gasteiger partial charge in [0.25, 0.3) is 0 Å². The van der Waals surface area contributed by atoms with E-state index in [2.05, 4.69) is 4.99 Å². The molecule has 0 aromatic carbocycles. The number of likely N-dealkylation sites (tertiary alicyclic amines) is 1. The lowest BCUT2D eigenvalue weighted by Crippen LogP contribution is -2.47. The summed E-state index contributed by atoms with van der Waals surface area (Å²) in [6.07, 6.45) is 2.86. The minimum atomic E-state index is -2.95. The molecule has 0 spiro atoms. The smallest absolute Gasteiger partial charge is 0.191 e. The summed E-state index contributed by atoms with van der Waals surface area (Å²) < 4.78 is 22.7. The Kier molecular flexibility index (Phi) is 3.36. The Morgan fingerprint density at radius 1 is 1.57 bits per heavy atom. The van der Waals surface area contributed by atoms with Crippen LogP contribution in [0.4, 0.5) is 0 Å². The van der Waals surface area contributed by atoms with Gasteiger partial charge in [-0.15, -0.1) is 0 Å². The normalized spacial score (nSPS) is 25.1. The van der Waals surface area contributed by atoms with Crippen LogP contribution in [-0.2, 0) is 9.84 Å². The molecule has 0 radical (unpaired) electrons. The average molecular weight is 219 g/mol. The Labute approximate surface area is 84.9 Å². The molecular formula is C8H17N3O2S. The van der Waals surface area contributed by atoms with Crippen LogP contribution in [0.25, 0.3) is 0 Å². The fourth-order valence-corrected chi connectivity index (χ4v) is 2.68. The largest absolute Gasteiger partial charge is 0.370 e. The maximum absolute atomic E-state index is 11.3. The molecule has 2 N–H and O–H groups in total. The first kappa shape index (κ1) is 11.3. The van der Waals surface area contributed by atoms with Gasteiger partial charge in [0.15, 0.2) is 15.8 Å². The third-order valence-corrected chi connectivity index (χ3v) is 4.13. The molecule has 1 saturated heterocycles. The number of nitrogens with two attached hydrogens (primary N) is 1. The summed E-state index contributed by atoms with van der Waals surface area (Å²) in [6.45, 7) is 1.27. The molecule has 1 unspecified atom stereocenters. The van der Waals surface area contributed by atoms with Gasteiger partial charge in [0, 0.05) is 26.4 Å². The molecule has 1 rings (SSSR count). The summed E-state index contributed by atoms with van der Waals surface area (Å²) in [6, 6.07) is 0. The highest BCUT2D eigenvalue weighted by molar-refractivity contribution is 7.91. The number of rotatable bonds is 1. The van der Waals surface area contributed by atoms with Crippen molar-refractivity contribution in [1.82, 2.24) is 4.90 Å². The third-order valence-electron chi connectivity index (χ3n) is 2.54. The van der Waals surface area contributed by atoms with Gasteiger partial charge in [0.1, 0.15) is 0 Å². The zero-order chi connectivity index (χ0) is 10.8. The molecule has 5 nitrogen and oxygen atoms in total. The van der Waals surface area contributed by atoms with Crippen LogP contribution in [-0.4, -0.2) is 50.9 Å². The van der Waals surface area contributed by atoms with Crippen molar-refractivity contribution in [2.24, 2.45) is 10.7 Å². The number of guanidine groups is 1. The van der Waals surface area contributed by atoms with E-state index in [1.165, 1.54) is 6.26 Å². The van der Waals surface area contributed by atoms with E-state index in [-0.39, 0.29) is 5.25 Å². The molecule has 0 saturated carbocycles. The highest BCUT2D eigenvalue weighted by Gasteiger charge is 2.27. The average Bonchev–Trinajstić information content (AvgIpc) is 2.15. The number of hydrogen-bond acceptors (Lipinski definition) is 3. The molecule has 0 aliphatic carbocycles. The van der Waals surface area contributed by atoms with Gasteiger partial charge >= 0.3 is 0 Å². The zero-order valence-electron chi connectivity index (χ0n) is 8.60. The molecular weight excluding hydrogens is 202 g/mol. The maximum Gasteiger partial charge on any atom is 0.191 e. The standard InChI is InChI=1S/C8H17N3O2S/c1-10-8(9)11-5-3-4-7(6-11)14(2,12)13/h7H,3-6H2,1-2H3,(H2,9,10). The van der Waals surface area contributed by atoms with Crippen LogP contribution in [0.3, 0.4) is 0 Å². The van der Waals surface area contributed by atoms with Crippen LogP contribution in [0.2, 0.25) is 0 Å². The van der Waals surface area contributed by atoms with Gasteiger partial charge in [-0.2, -0.15) is 0 Å². The van der Waals surface area contributed by atoms with E-state index >= 15 is 0 Å². The molecule has 0 bridgehead atoms. The molecule has 0 aromatic rings. The summed E-state index contributed by atoms with van der Waals surface area (Å²) in [7, 11) is -1.34. The predicted molar refractivity (Wildman–Crippen MR) is 57.0 cm³/mol. The third kappa shape index (κ3) is 2.60. The van der Waals surface area contributed by atoms with Crippen molar-refractivity contribution >= 4 is 15.8 Å². The van der Waals surface area contributed by atoms with E-state index in [1.54, 1.807) is 7.05 Å². The van der Waals surface area contributed by atoms with Gasteiger partial charge < -0.3 is 10.6 Å². The molecule has 1 atom stereocenters. The molecule has 14 heavy (non-hydrogen) atoms. The summed E-state index contributed by atoms with van der Waals surface area (Å²) in [5, 5.41) is -0.295. The molecule has 82 valence electrons. The van der Waals surface area contributed by atoms with Gasteiger partial charge in [-0.25, -0.2) is 8.42 Å². The minimum absolute atomic E-state index is 0.295.